The molecule has 2 amide bonds. The van der Waals surface area contributed by atoms with Crippen LogP contribution in [0.25, 0.3) is 0 Å². The molecular formula is C20H20F2N2O4. The molecule has 0 saturated carbocycles. The number of hydrogen-bond donors (Lipinski definition) is 1. The Morgan fingerprint density at radius 2 is 1.75 bits per heavy atom. The zero-order valence-corrected chi connectivity index (χ0v) is 15.1. The molecule has 0 spiro atoms. The SMILES string of the molecule is O=C(NCc1ccc(C(=O)N2CCOCC2)cc1)c1ccccc1OC(F)F. The maximum atomic E-state index is 12.5. The lowest BCUT2D eigenvalue weighted by Crippen LogP contribution is -2.40. The summed E-state index contributed by atoms with van der Waals surface area (Å²) in [6.45, 7) is -0.619. The number of rotatable bonds is 6. The summed E-state index contributed by atoms with van der Waals surface area (Å²) >= 11 is 0. The van der Waals surface area contributed by atoms with Gasteiger partial charge in [0, 0.05) is 25.2 Å². The summed E-state index contributed by atoms with van der Waals surface area (Å²) in [5, 5.41) is 2.67. The van der Waals surface area contributed by atoms with Crippen molar-refractivity contribution >= 4 is 11.8 Å². The Kier molecular flexibility index (Phi) is 6.54. The van der Waals surface area contributed by atoms with Gasteiger partial charge in [0.25, 0.3) is 11.8 Å². The van der Waals surface area contributed by atoms with E-state index in [9.17, 15) is 18.4 Å². The molecule has 1 aliphatic rings. The second-order valence-electron chi connectivity index (χ2n) is 6.16. The zero-order chi connectivity index (χ0) is 19.9. The molecule has 2 aromatic rings. The topological polar surface area (TPSA) is 67.9 Å². The second kappa shape index (κ2) is 9.27. The third-order valence-corrected chi connectivity index (χ3v) is 4.30. The third kappa shape index (κ3) is 5.04. The van der Waals surface area contributed by atoms with Gasteiger partial charge in [0.15, 0.2) is 0 Å². The van der Waals surface area contributed by atoms with Crippen molar-refractivity contribution in [1.82, 2.24) is 10.2 Å². The number of morpholine rings is 1. The summed E-state index contributed by atoms with van der Waals surface area (Å²) in [6, 6.07) is 12.7. The van der Waals surface area contributed by atoms with Gasteiger partial charge in [0.2, 0.25) is 0 Å². The van der Waals surface area contributed by atoms with E-state index in [1.807, 2.05) is 0 Å². The lowest BCUT2D eigenvalue weighted by atomic mass is 10.1. The van der Waals surface area contributed by atoms with Gasteiger partial charge in [-0.1, -0.05) is 24.3 Å². The molecule has 0 bridgehead atoms. The summed E-state index contributed by atoms with van der Waals surface area (Å²) in [4.78, 5) is 26.4. The molecule has 28 heavy (non-hydrogen) atoms. The maximum absolute atomic E-state index is 12.5. The van der Waals surface area contributed by atoms with Crippen LogP contribution in [0.15, 0.2) is 48.5 Å². The molecule has 8 heteroatoms. The highest BCUT2D eigenvalue weighted by molar-refractivity contribution is 5.97. The van der Waals surface area contributed by atoms with Gasteiger partial charge in [-0.15, -0.1) is 0 Å². The number of hydrogen-bond acceptors (Lipinski definition) is 4. The summed E-state index contributed by atoms with van der Waals surface area (Å²) in [7, 11) is 0. The normalized spacial score (nSPS) is 14.0. The first-order valence-electron chi connectivity index (χ1n) is 8.82. The van der Waals surface area contributed by atoms with Crippen LogP contribution in [0.5, 0.6) is 5.75 Å². The molecule has 0 atom stereocenters. The molecule has 0 radical (unpaired) electrons. The highest BCUT2D eigenvalue weighted by Gasteiger charge is 2.18. The number of ether oxygens (including phenoxy) is 2. The minimum absolute atomic E-state index is 0.0296. The predicted octanol–water partition coefficient (Wildman–Crippen LogP) is 2.69. The van der Waals surface area contributed by atoms with E-state index in [-0.39, 0.29) is 23.8 Å². The number of nitrogens with one attached hydrogen (secondary N) is 1. The van der Waals surface area contributed by atoms with Gasteiger partial charge < -0.3 is 19.7 Å². The number of amides is 2. The number of para-hydroxylation sites is 1. The van der Waals surface area contributed by atoms with Gasteiger partial charge in [0.05, 0.1) is 18.8 Å². The number of carbonyl (C=O) groups excluding carboxylic acids is 2. The van der Waals surface area contributed by atoms with Crippen LogP contribution in [-0.2, 0) is 11.3 Å². The number of benzene rings is 2. The number of halogens is 2. The summed E-state index contributed by atoms with van der Waals surface area (Å²) in [6.07, 6.45) is 0. The average Bonchev–Trinajstić information content (AvgIpc) is 2.72. The standard InChI is InChI=1S/C20H20F2N2O4/c21-20(22)28-17-4-2-1-3-16(17)18(25)23-13-14-5-7-15(8-6-14)19(26)24-9-11-27-12-10-24/h1-8,20H,9-13H2,(H,23,25). The lowest BCUT2D eigenvalue weighted by Gasteiger charge is -2.26. The van der Waals surface area contributed by atoms with Crippen molar-refractivity contribution in [2.75, 3.05) is 26.3 Å². The van der Waals surface area contributed by atoms with Crippen LogP contribution >= 0.6 is 0 Å². The Hall–Kier alpha value is -3.00. The summed E-state index contributed by atoms with van der Waals surface area (Å²) < 4.78 is 34.5. The minimum Gasteiger partial charge on any atom is -0.434 e. The van der Waals surface area contributed by atoms with Crippen molar-refractivity contribution in [1.29, 1.82) is 0 Å². The van der Waals surface area contributed by atoms with Gasteiger partial charge in [0.1, 0.15) is 5.75 Å². The van der Waals surface area contributed by atoms with Crippen molar-refractivity contribution in [2.24, 2.45) is 0 Å². The van der Waals surface area contributed by atoms with Crippen molar-refractivity contribution in [3.05, 3.63) is 65.2 Å². The molecular weight excluding hydrogens is 370 g/mol. The number of nitrogens with zero attached hydrogens (tertiary/aromatic N) is 1. The molecule has 0 unspecified atom stereocenters. The van der Waals surface area contributed by atoms with E-state index in [0.717, 1.165) is 5.56 Å². The van der Waals surface area contributed by atoms with Crippen molar-refractivity contribution in [3.8, 4) is 5.75 Å². The number of alkyl halides is 2. The molecule has 2 aromatic carbocycles. The number of carbonyl (C=O) groups is 2. The Balaban J connectivity index is 1.59. The Morgan fingerprint density at radius 3 is 2.43 bits per heavy atom. The second-order valence-corrected chi connectivity index (χ2v) is 6.16. The molecule has 1 aliphatic heterocycles. The fourth-order valence-electron chi connectivity index (χ4n) is 2.84. The third-order valence-electron chi connectivity index (χ3n) is 4.30. The lowest BCUT2D eigenvalue weighted by molar-refractivity contribution is -0.0501. The van der Waals surface area contributed by atoms with Crippen molar-refractivity contribution in [3.63, 3.8) is 0 Å². The maximum Gasteiger partial charge on any atom is 0.387 e. The van der Waals surface area contributed by atoms with E-state index < -0.39 is 12.5 Å². The first-order chi connectivity index (χ1) is 13.5. The molecule has 1 N–H and O–H groups in total. The van der Waals surface area contributed by atoms with Crippen molar-refractivity contribution < 1.29 is 27.8 Å². The minimum atomic E-state index is -3.01. The van der Waals surface area contributed by atoms with Gasteiger partial charge in [-0.25, -0.2) is 0 Å². The van der Waals surface area contributed by atoms with E-state index in [2.05, 4.69) is 10.1 Å². The van der Waals surface area contributed by atoms with E-state index in [1.165, 1.54) is 18.2 Å². The molecule has 1 heterocycles. The molecule has 6 nitrogen and oxygen atoms in total. The first kappa shape index (κ1) is 19.8. The first-order valence-corrected chi connectivity index (χ1v) is 8.82. The summed E-state index contributed by atoms with van der Waals surface area (Å²) in [5.74, 6) is -0.761. The Bertz CT molecular complexity index is 821. The van der Waals surface area contributed by atoms with E-state index in [4.69, 9.17) is 4.74 Å². The van der Waals surface area contributed by atoms with Crippen LogP contribution in [0, 0.1) is 0 Å². The summed E-state index contributed by atoms with van der Waals surface area (Å²) in [5.41, 5.74) is 1.37. The molecule has 1 fully saturated rings. The average molecular weight is 390 g/mol. The van der Waals surface area contributed by atoms with Crippen LogP contribution in [0.3, 0.4) is 0 Å². The Morgan fingerprint density at radius 1 is 1.07 bits per heavy atom. The van der Waals surface area contributed by atoms with Gasteiger partial charge in [-0.2, -0.15) is 8.78 Å². The van der Waals surface area contributed by atoms with Crippen LogP contribution in [0.4, 0.5) is 8.78 Å². The fraction of sp³-hybridized carbons (Fsp3) is 0.300. The zero-order valence-electron chi connectivity index (χ0n) is 15.1. The highest BCUT2D eigenvalue weighted by Crippen LogP contribution is 2.20. The molecule has 1 saturated heterocycles. The van der Waals surface area contributed by atoms with Gasteiger partial charge in [-0.3, -0.25) is 9.59 Å². The van der Waals surface area contributed by atoms with Crippen LogP contribution < -0.4 is 10.1 Å². The van der Waals surface area contributed by atoms with E-state index in [1.54, 1.807) is 35.2 Å². The van der Waals surface area contributed by atoms with Crippen molar-refractivity contribution in [2.45, 2.75) is 13.2 Å². The van der Waals surface area contributed by atoms with Crippen LogP contribution in [0.1, 0.15) is 26.3 Å². The molecule has 148 valence electrons. The van der Waals surface area contributed by atoms with Crippen LogP contribution in [-0.4, -0.2) is 49.6 Å². The van der Waals surface area contributed by atoms with Crippen LogP contribution in [0.2, 0.25) is 0 Å². The monoisotopic (exact) mass is 390 g/mol. The molecule has 0 aliphatic carbocycles. The Labute approximate surface area is 161 Å². The smallest absolute Gasteiger partial charge is 0.387 e. The largest absolute Gasteiger partial charge is 0.434 e. The molecule has 0 aromatic heterocycles. The van der Waals surface area contributed by atoms with E-state index in [0.29, 0.717) is 31.9 Å². The van der Waals surface area contributed by atoms with E-state index >= 15 is 0 Å². The quantitative estimate of drug-likeness (QED) is 0.824. The highest BCUT2D eigenvalue weighted by atomic mass is 19.3. The van der Waals surface area contributed by atoms with Gasteiger partial charge >= 0.3 is 6.61 Å². The van der Waals surface area contributed by atoms with Gasteiger partial charge in [-0.05, 0) is 29.8 Å². The fourth-order valence-corrected chi connectivity index (χ4v) is 2.84. The molecule has 3 rings (SSSR count). The predicted molar refractivity (Wildman–Crippen MR) is 97.4 cm³/mol.